The Morgan fingerprint density at radius 2 is 2.57 bits per heavy atom. The van der Waals surface area contributed by atoms with Crippen LogP contribution in [0, 0.1) is 6.92 Å². The number of H-pyrrole nitrogens is 1. The molecule has 0 aliphatic rings. The summed E-state index contributed by atoms with van der Waals surface area (Å²) in [7, 11) is 0. The summed E-state index contributed by atoms with van der Waals surface area (Å²) < 4.78 is 0. The second-order valence-electron chi connectivity index (χ2n) is 1.25. The van der Waals surface area contributed by atoms with Crippen LogP contribution in [0.2, 0.25) is 0 Å². The van der Waals surface area contributed by atoms with Gasteiger partial charge in [0.25, 0.3) is 0 Å². The molecular weight excluding hydrogens is 92.1 g/mol. The first-order chi connectivity index (χ1) is 3.29. The van der Waals surface area contributed by atoms with E-state index >= 15 is 0 Å². The number of aromatic amines is 1. The maximum atomic E-state index is 8.47. The van der Waals surface area contributed by atoms with Crippen molar-refractivity contribution in [2.75, 3.05) is 0 Å². The van der Waals surface area contributed by atoms with Crippen LogP contribution >= 0.6 is 0 Å². The van der Waals surface area contributed by atoms with Crippen molar-refractivity contribution in [1.82, 2.24) is 10.2 Å². The van der Waals surface area contributed by atoms with E-state index in [0.717, 1.165) is 0 Å². The maximum Gasteiger partial charge on any atom is 0.230 e. The van der Waals surface area contributed by atoms with Gasteiger partial charge < -0.3 is 5.11 Å². The van der Waals surface area contributed by atoms with Gasteiger partial charge in [0, 0.05) is 11.8 Å². The Labute approximate surface area is 41.0 Å². The van der Waals surface area contributed by atoms with Crippen LogP contribution in [0.5, 0.6) is 5.88 Å². The lowest BCUT2D eigenvalue weighted by Gasteiger charge is -1.67. The van der Waals surface area contributed by atoms with E-state index in [1.54, 1.807) is 0 Å². The standard InChI is InChI=1S/C4H5N2O/c1-3-2-4(7)6-5-3/h2H,1H2,(H2,5,6,7). The molecular formula is C4H5N2O. The molecule has 1 aromatic rings. The molecule has 1 aromatic heterocycles. The Bertz CT molecular complexity index is 142. The quantitative estimate of drug-likeness (QED) is 0.489. The first kappa shape index (κ1) is 4.18. The number of aromatic nitrogens is 2. The predicted molar refractivity (Wildman–Crippen MR) is 24.7 cm³/mol. The maximum absolute atomic E-state index is 8.47. The lowest BCUT2D eigenvalue weighted by atomic mass is 10.5. The molecule has 3 nitrogen and oxygen atoms in total. The molecule has 1 heterocycles. The third-order valence-corrected chi connectivity index (χ3v) is 0.617. The third kappa shape index (κ3) is 0.707. The summed E-state index contributed by atoms with van der Waals surface area (Å²) >= 11 is 0. The molecule has 0 aromatic carbocycles. The number of hydrogen-bond donors (Lipinski definition) is 2. The fraction of sp³-hybridized carbons (Fsp3) is 0. The smallest absolute Gasteiger partial charge is 0.230 e. The summed E-state index contributed by atoms with van der Waals surface area (Å²) in [6, 6.07) is 1.44. The lowest BCUT2D eigenvalue weighted by molar-refractivity contribution is 0.452. The predicted octanol–water partition coefficient (Wildman–Crippen LogP) is 0.297. The van der Waals surface area contributed by atoms with Gasteiger partial charge in [-0.2, -0.15) is 0 Å². The van der Waals surface area contributed by atoms with Gasteiger partial charge in [0.1, 0.15) is 0 Å². The number of aromatic hydroxyl groups is 1. The average molecular weight is 97.1 g/mol. The summed E-state index contributed by atoms with van der Waals surface area (Å²) in [5.41, 5.74) is 0.623. The molecule has 0 saturated heterocycles. The lowest BCUT2D eigenvalue weighted by Crippen LogP contribution is -1.66. The van der Waals surface area contributed by atoms with Crippen molar-refractivity contribution < 1.29 is 5.11 Å². The van der Waals surface area contributed by atoms with Gasteiger partial charge in [-0.3, -0.25) is 5.10 Å². The second-order valence-corrected chi connectivity index (χ2v) is 1.25. The van der Waals surface area contributed by atoms with E-state index in [1.807, 2.05) is 0 Å². The summed E-state index contributed by atoms with van der Waals surface area (Å²) in [6.45, 7) is 3.46. The fourth-order valence-electron chi connectivity index (χ4n) is 0.349. The minimum atomic E-state index is -0.00926. The monoisotopic (exact) mass is 97.0 g/mol. The normalized spacial score (nSPS) is 9.29. The number of nitrogens with one attached hydrogen (secondary N) is 1. The zero-order chi connectivity index (χ0) is 5.28. The van der Waals surface area contributed by atoms with Crippen LogP contribution in [0.1, 0.15) is 5.69 Å². The van der Waals surface area contributed by atoms with Gasteiger partial charge >= 0.3 is 0 Å². The molecule has 0 fully saturated rings. The average Bonchev–Trinajstić information content (AvgIpc) is 1.87. The molecule has 0 aliphatic carbocycles. The molecule has 0 saturated carbocycles. The van der Waals surface area contributed by atoms with E-state index in [1.165, 1.54) is 6.07 Å². The van der Waals surface area contributed by atoms with E-state index in [9.17, 15) is 0 Å². The SMILES string of the molecule is [CH2]c1cc(O)n[nH]1. The van der Waals surface area contributed by atoms with E-state index in [-0.39, 0.29) is 5.88 Å². The Morgan fingerprint density at radius 1 is 1.86 bits per heavy atom. The summed E-state index contributed by atoms with van der Waals surface area (Å²) in [5.74, 6) is -0.00926. The van der Waals surface area contributed by atoms with Crippen molar-refractivity contribution in [2.24, 2.45) is 0 Å². The van der Waals surface area contributed by atoms with Crippen LogP contribution in [0.15, 0.2) is 6.07 Å². The van der Waals surface area contributed by atoms with Crippen molar-refractivity contribution >= 4 is 0 Å². The third-order valence-electron chi connectivity index (χ3n) is 0.617. The first-order valence-corrected chi connectivity index (χ1v) is 1.85. The molecule has 0 bridgehead atoms. The number of nitrogens with zero attached hydrogens (tertiary/aromatic N) is 1. The van der Waals surface area contributed by atoms with Crippen molar-refractivity contribution in [3.05, 3.63) is 18.7 Å². The van der Waals surface area contributed by atoms with E-state index in [4.69, 9.17) is 5.11 Å². The Balaban J connectivity index is 3.04. The van der Waals surface area contributed by atoms with Crippen molar-refractivity contribution in [3.8, 4) is 5.88 Å². The van der Waals surface area contributed by atoms with Gasteiger partial charge in [0.2, 0.25) is 5.88 Å². The molecule has 7 heavy (non-hydrogen) atoms. The molecule has 0 amide bonds. The zero-order valence-corrected chi connectivity index (χ0v) is 3.68. The highest BCUT2D eigenvalue weighted by atomic mass is 16.3. The van der Waals surface area contributed by atoms with Gasteiger partial charge in [-0.05, 0) is 6.92 Å². The van der Waals surface area contributed by atoms with Crippen LogP contribution in [0.25, 0.3) is 0 Å². The summed E-state index contributed by atoms with van der Waals surface area (Å²) in [5, 5.41) is 14.3. The van der Waals surface area contributed by atoms with Crippen LogP contribution in [0.3, 0.4) is 0 Å². The first-order valence-electron chi connectivity index (χ1n) is 1.85. The minimum absolute atomic E-state index is 0.00926. The van der Waals surface area contributed by atoms with Gasteiger partial charge in [0.05, 0.1) is 0 Å². The summed E-state index contributed by atoms with van der Waals surface area (Å²) in [6.07, 6.45) is 0. The van der Waals surface area contributed by atoms with Gasteiger partial charge in [-0.25, -0.2) is 0 Å². The van der Waals surface area contributed by atoms with Gasteiger partial charge in [-0.1, -0.05) is 0 Å². The molecule has 0 aliphatic heterocycles. The molecule has 1 rings (SSSR count). The van der Waals surface area contributed by atoms with Crippen LogP contribution in [-0.2, 0) is 0 Å². The van der Waals surface area contributed by atoms with Crippen LogP contribution in [0.4, 0.5) is 0 Å². The second kappa shape index (κ2) is 1.26. The van der Waals surface area contributed by atoms with Crippen LogP contribution < -0.4 is 0 Å². The van der Waals surface area contributed by atoms with Crippen LogP contribution in [-0.4, -0.2) is 15.3 Å². The number of rotatable bonds is 0. The summed E-state index contributed by atoms with van der Waals surface area (Å²) in [4.78, 5) is 0. The van der Waals surface area contributed by atoms with Crippen molar-refractivity contribution in [3.63, 3.8) is 0 Å². The van der Waals surface area contributed by atoms with E-state index in [2.05, 4.69) is 17.1 Å². The van der Waals surface area contributed by atoms with Gasteiger partial charge in [-0.15, -0.1) is 5.10 Å². The van der Waals surface area contributed by atoms with E-state index in [0.29, 0.717) is 5.69 Å². The molecule has 0 unspecified atom stereocenters. The Morgan fingerprint density at radius 3 is 2.71 bits per heavy atom. The highest BCUT2D eigenvalue weighted by Gasteiger charge is 1.87. The Kier molecular flexibility index (Phi) is 0.749. The van der Waals surface area contributed by atoms with Crippen molar-refractivity contribution in [2.45, 2.75) is 0 Å². The Hall–Kier alpha value is -0.990. The minimum Gasteiger partial charge on any atom is -0.492 e. The largest absolute Gasteiger partial charge is 0.492 e. The topological polar surface area (TPSA) is 48.9 Å². The highest BCUT2D eigenvalue weighted by Crippen LogP contribution is 2.01. The molecule has 0 atom stereocenters. The zero-order valence-electron chi connectivity index (χ0n) is 3.68. The number of hydrogen-bond acceptors (Lipinski definition) is 2. The van der Waals surface area contributed by atoms with Gasteiger partial charge in [0.15, 0.2) is 0 Å². The van der Waals surface area contributed by atoms with E-state index < -0.39 is 0 Å². The fourth-order valence-corrected chi connectivity index (χ4v) is 0.349. The molecule has 0 spiro atoms. The molecule has 37 valence electrons. The molecule has 2 N–H and O–H groups in total. The molecule has 1 radical (unpaired) electrons. The highest BCUT2D eigenvalue weighted by molar-refractivity contribution is 5.13. The molecule has 3 heteroatoms. The van der Waals surface area contributed by atoms with Crippen molar-refractivity contribution in [1.29, 1.82) is 0 Å².